The molecule has 0 aromatic carbocycles. The van der Waals surface area contributed by atoms with Gasteiger partial charge >= 0.3 is 0 Å². The lowest BCUT2D eigenvalue weighted by atomic mass is 10.1. The number of thiocarbonyl (C=S) groups is 1. The van der Waals surface area contributed by atoms with Crippen LogP contribution in [0.2, 0.25) is 0 Å². The molecule has 84 valence electrons. The highest BCUT2D eigenvalue weighted by atomic mass is 32.1. The molecule has 0 fully saturated rings. The van der Waals surface area contributed by atoms with Crippen LogP contribution in [-0.4, -0.2) is 22.4 Å². The normalized spacial score (nSPS) is 17.1. The predicted molar refractivity (Wildman–Crippen MR) is 65.4 cm³/mol. The van der Waals surface area contributed by atoms with Crippen molar-refractivity contribution in [3.8, 4) is 5.75 Å². The zero-order valence-corrected chi connectivity index (χ0v) is 9.46. The summed E-state index contributed by atoms with van der Waals surface area (Å²) in [7, 11) is 0. The third-order valence-electron chi connectivity index (χ3n) is 2.16. The number of nitrogens with two attached hydrogens (primary N) is 1. The lowest BCUT2D eigenvalue weighted by molar-refractivity contribution is 0.317. The molecule has 5 nitrogen and oxygen atoms in total. The zero-order valence-electron chi connectivity index (χ0n) is 8.64. The number of nitrogens with one attached hydrogen (secondary N) is 1. The van der Waals surface area contributed by atoms with E-state index in [1.54, 1.807) is 6.20 Å². The first-order valence-corrected chi connectivity index (χ1v) is 5.38. The zero-order chi connectivity index (χ0) is 11.4. The second-order valence-corrected chi connectivity index (χ2v) is 3.78. The van der Waals surface area contributed by atoms with Crippen LogP contribution in [0.1, 0.15) is 18.5 Å². The maximum atomic E-state index is 5.55. The molecule has 0 radical (unpaired) electrons. The van der Waals surface area contributed by atoms with Gasteiger partial charge in [0.2, 0.25) is 0 Å². The van der Waals surface area contributed by atoms with Crippen LogP contribution in [0.15, 0.2) is 23.4 Å². The van der Waals surface area contributed by atoms with Crippen LogP contribution in [0.5, 0.6) is 5.75 Å². The molecule has 0 saturated heterocycles. The van der Waals surface area contributed by atoms with Crippen LogP contribution in [0.4, 0.5) is 0 Å². The number of aromatic nitrogens is 1. The van der Waals surface area contributed by atoms with Crippen LogP contribution in [-0.2, 0) is 0 Å². The predicted octanol–water partition coefficient (Wildman–Crippen LogP) is 0.791. The molecule has 16 heavy (non-hydrogen) atoms. The Balaban J connectivity index is 2.32. The number of rotatable bonds is 1. The SMILES string of the molecule is NC(=S)N/N=C1/CCCOc2cccnc21. The number of hydrogen-bond acceptors (Lipinski definition) is 4. The summed E-state index contributed by atoms with van der Waals surface area (Å²) in [5.41, 5.74) is 9.49. The summed E-state index contributed by atoms with van der Waals surface area (Å²) >= 11 is 4.70. The first kappa shape index (κ1) is 10.8. The third kappa shape index (κ3) is 2.46. The van der Waals surface area contributed by atoms with Crippen molar-refractivity contribution in [2.75, 3.05) is 6.61 Å². The van der Waals surface area contributed by atoms with Gasteiger partial charge in [-0.05, 0) is 37.2 Å². The maximum absolute atomic E-state index is 5.55. The summed E-state index contributed by atoms with van der Waals surface area (Å²) in [6, 6.07) is 3.71. The summed E-state index contributed by atoms with van der Waals surface area (Å²) in [6.07, 6.45) is 3.40. The second kappa shape index (κ2) is 4.89. The van der Waals surface area contributed by atoms with Crippen molar-refractivity contribution in [1.29, 1.82) is 0 Å². The highest BCUT2D eigenvalue weighted by Gasteiger charge is 2.15. The van der Waals surface area contributed by atoms with Crippen molar-refractivity contribution in [3.05, 3.63) is 24.0 Å². The minimum Gasteiger partial charge on any atom is -0.491 e. The van der Waals surface area contributed by atoms with Gasteiger partial charge in [-0.2, -0.15) is 5.10 Å². The Hall–Kier alpha value is -1.69. The van der Waals surface area contributed by atoms with Crippen molar-refractivity contribution in [1.82, 2.24) is 10.4 Å². The molecular formula is C10H12N4OS. The van der Waals surface area contributed by atoms with Gasteiger partial charge in [0.1, 0.15) is 11.4 Å². The van der Waals surface area contributed by atoms with Crippen LogP contribution in [0.3, 0.4) is 0 Å². The van der Waals surface area contributed by atoms with E-state index in [1.807, 2.05) is 12.1 Å². The molecular weight excluding hydrogens is 224 g/mol. The molecule has 0 bridgehead atoms. The highest BCUT2D eigenvalue weighted by molar-refractivity contribution is 7.80. The lowest BCUT2D eigenvalue weighted by Crippen LogP contribution is -2.25. The van der Waals surface area contributed by atoms with E-state index >= 15 is 0 Å². The molecule has 2 rings (SSSR count). The van der Waals surface area contributed by atoms with Crippen LogP contribution in [0, 0.1) is 0 Å². The fourth-order valence-corrected chi connectivity index (χ4v) is 1.54. The number of hydrogen-bond donors (Lipinski definition) is 2. The van der Waals surface area contributed by atoms with Crippen LogP contribution < -0.4 is 15.9 Å². The van der Waals surface area contributed by atoms with E-state index < -0.39 is 0 Å². The molecule has 6 heteroatoms. The van der Waals surface area contributed by atoms with Gasteiger partial charge in [-0.15, -0.1) is 0 Å². The Bertz CT molecular complexity index is 433. The molecule has 1 aromatic heterocycles. The Morgan fingerprint density at radius 1 is 1.62 bits per heavy atom. The van der Waals surface area contributed by atoms with Gasteiger partial charge in [0.25, 0.3) is 0 Å². The van der Waals surface area contributed by atoms with Crippen molar-refractivity contribution >= 4 is 23.0 Å². The molecule has 0 atom stereocenters. The summed E-state index contributed by atoms with van der Waals surface area (Å²) in [4.78, 5) is 4.26. The third-order valence-corrected chi connectivity index (χ3v) is 2.25. The first-order valence-electron chi connectivity index (χ1n) is 4.97. The van der Waals surface area contributed by atoms with Crippen molar-refractivity contribution in [3.63, 3.8) is 0 Å². The van der Waals surface area contributed by atoms with E-state index in [0.717, 1.165) is 30.0 Å². The van der Waals surface area contributed by atoms with E-state index in [-0.39, 0.29) is 5.11 Å². The number of nitrogens with zero attached hydrogens (tertiary/aromatic N) is 2. The minimum atomic E-state index is 0.148. The van der Waals surface area contributed by atoms with Gasteiger partial charge in [-0.25, -0.2) is 0 Å². The van der Waals surface area contributed by atoms with E-state index in [1.165, 1.54) is 0 Å². The molecule has 0 aliphatic carbocycles. The Labute approximate surface area is 98.7 Å². The molecule has 0 saturated carbocycles. The first-order chi connectivity index (χ1) is 7.77. The van der Waals surface area contributed by atoms with Crippen molar-refractivity contribution in [2.45, 2.75) is 12.8 Å². The highest BCUT2D eigenvalue weighted by Crippen LogP contribution is 2.21. The molecule has 0 spiro atoms. The average Bonchev–Trinajstić information content (AvgIpc) is 2.48. The number of fused-ring (bicyclic) bond motifs is 1. The summed E-state index contributed by atoms with van der Waals surface area (Å²) in [5, 5.41) is 4.29. The van der Waals surface area contributed by atoms with Gasteiger partial charge < -0.3 is 10.5 Å². The lowest BCUT2D eigenvalue weighted by Gasteiger charge is -2.06. The summed E-state index contributed by atoms with van der Waals surface area (Å²) in [5.74, 6) is 0.753. The molecule has 1 aliphatic rings. The van der Waals surface area contributed by atoms with Crippen LogP contribution >= 0.6 is 12.2 Å². The van der Waals surface area contributed by atoms with Gasteiger partial charge in [-0.3, -0.25) is 10.4 Å². The number of hydrazone groups is 1. The van der Waals surface area contributed by atoms with E-state index in [9.17, 15) is 0 Å². The standard InChI is InChI=1S/C10H12N4OS/c11-10(16)14-13-7-3-2-6-15-8-4-1-5-12-9(7)8/h1,4-5H,2-3,6H2,(H3,11,14,16)/b13-7-. The largest absolute Gasteiger partial charge is 0.491 e. The topological polar surface area (TPSA) is 72.5 Å². The smallest absolute Gasteiger partial charge is 0.184 e. The van der Waals surface area contributed by atoms with Gasteiger partial charge in [0.05, 0.1) is 12.3 Å². The fraction of sp³-hybridized carbons (Fsp3) is 0.300. The quantitative estimate of drug-likeness (QED) is 0.557. The van der Waals surface area contributed by atoms with Crippen molar-refractivity contribution in [2.24, 2.45) is 10.8 Å². The number of ether oxygens (including phenoxy) is 1. The summed E-state index contributed by atoms with van der Waals surface area (Å²) < 4.78 is 5.55. The van der Waals surface area contributed by atoms with E-state index in [2.05, 4.69) is 15.5 Å². The van der Waals surface area contributed by atoms with Gasteiger partial charge in [0, 0.05) is 6.20 Å². The van der Waals surface area contributed by atoms with Gasteiger partial charge in [0.15, 0.2) is 5.11 Å². The molecule has 2 heterocycles. The Morgan fingerprint density at radius 3 is 3.31 bits per heavy atom. The average molecular weight is 236 g/mol. The van der Waals surface area contributed by atoms with Crippen molar-refractivity contribution < 1.29 is 4.74 Å². The second-order valence-electron chi connectivity index (χ2n) is 3.34. The van der Waals surface area contributed by atoms with E-state index in [4.69, 9.17) is 22.7 Å². The molecule has 1 aliphatic heterocycles. The molecule has 0 unspecified atom stereocenters. The molecule has 3 N–H and O–H groups in total. The monoisotopic (exact) mass is 236 g/mol. The Morgan fingerprint density at radius 2 is 2.50 bits per heavy atom. The molecule has 0 amide bonds. The minimum absolute atomic E-state index is 0.148. The Kier molecular flexibility index (Phi) is 3.31. The maximum Gasteiger partial charge on any atom is 0.184 e. The number of pyridine rings is 1. The van der Waals surface area contributed by atoms with Gasteiger partial charge in [-0.1, -0.05) is 0 Å². The fourth-order valence-electron chi connectivity index (χ4n) is 1.50. The van der Waals surface area contributed by atoms with Crippen LogP contribution in [0.25, 0.3) is 0 Å². The van der Waals surface area contributed by atoms with E-state index in [0.29, 0.717) is 6.61 Å². The molecule has 1 aromatic rings. The summed E-state index contributed by atoms with van der Waals surface area (Å²) in [6.45, 7) is 0.671.